The fourth-order valence-corrected chi connectivity index (χ4v) is 1.99. The third-order valence-electron chi connectivity index (χ3n) is 2.82. The number of benzene rings is 1. The van der Waals surface area contributed by atoms with Gasteiger partial charge in [0.05, 0.1) is 13.1 Å². The predicted octanol–water partition coefficient (Wildman–Crippen LogP) is 1.64. The van der Waals surface area contributed by atoms with E-state index in [1.54, 1.807) is 4.80 Å². The lowest BCUT2D eigenvalue weighted by atomic mass is 10.0. The van der Waals surface area contributed by atoms with Crippen molar-refractivity contribution in [3.05, 3.63) is 41.2 Å². The van der Waals surface area contributed by atoms with Crippen LogP contribution in [-0.4, -0.2) is 27.3 Å². The highest BCUT2D eigenvalue weighted by Gasteiger charge is 2.03. The van der Waals surface area contributed by atoms with E-state index >= 15 is 0 Å². The number of nitrogens with one attached hydrogen (secondary N) is 1. The van der Waals surface area contributed by atoms with Crippen LogP contribution in [0.3, 0.4) is 0 Å². The van der Waals surface area contributed by atoms with Crippen molar-refractivity contribution in [2.45, 2.75) is 33.4 Å². The van der Waals surface area contributed by atoms with Gasteiger partial charge in [0.2, 0.25) is 0 Å². The molecule has 2 rings (SSSR count). The van der Waals surface area contributed by atoms with Crippen molar-refractivity contribution in [1.29, 1.82) is 0 Å². The van der Waals surface area contributed by atoms with Crippen LogP contribution in [0, 0.1) is 5.92 Å². The molecule has 1 heterocycles. The normalized spacial score (nSPS) is 11.2. The van der Waals surface area contributed by atoms with Gasteiger partial charge in [-0.3, -0.25) is 0 Å². The van der Waals surface area contributed by atoms with Gasteiger partial charge in [0, 0.05) is 0 Å². The topological polar surface area (TPSA) is 55.6 Å². The molecule has 0 aliphatic carbocycles. The fourth-order valence-electron chi connectivity index (χ4n) is 1.99. The Balaban J connectivity index is 1.98. The van der Waals surface area contributed by atoms with Gasteiger partial charge in [-0.05, 0) is 35.7 Å². The lowest BCUT2D eigenvalue weighted by Crippen LogP contribution is -2.08. The molecule has 0 spiro atoms. The van der Waals surface area contributed by atoms with Gasteiger partial charge in [0.1, 0.15) is 0 Å². The van der Waals surface area contributed by atoms with Crippen LogP contribution in [0.25, 0.3) is 0 Å². The molecule has 0 amide bonds. The Morgan fingerprint density at radius 3 is 2.47 bits per heavy atom. The van der Waals surface area contributed by atoms with Crippen molar-refractivity contribution in [1.82, 2.24) is 25.5 Å². The number of aromatic nitrogens is 4. The highest BCUT2D eigenvalue weighted by atomic mass is 15.6. The smallest absolute Gasteiger partial charge is 0.188 e. The zero-order valence-corrected chi connectivity index (χ0v) is 11.8. The van der Waals surface area contributed by atoms with Crippen LogP contribution >= 0.6 is 0 Å². The predicted molar refractivity (Wildman–Crippen MR) is 74.7 cm³/mol. The summed E-state index contributed by atoms with van der Waals surface area (Å²) in [7, 11) is 1.87. The van der Waals surface area contributed by atoms with E-state index in [4.69, 9.17) is 0 Å². The average Bonchev–Trinajstić information content (AvgIpc) is 2.79. The van der Waals surface area contributed by atoms with E-state index in [1.807, 2.05) is 7.05 Å². The summed E-state index contributed by atoms with van der Waals surface area (Å²) in [6, 6.07) is 8.64. The summed E-state index contributed by atoms with van der Waals surface area (Å²) in [5, 5.41) is 15.3. The van der Waals surface area contributed by atoms with Crippen LogP contribution in [-0.2, 0) is 19.5 Å². The van der Waals surface area contributed by atoms with Crippen molar-refractivity contribution in [3.63, 3.8) is 0 Å². The van der Waals surface area contributed by atoms with Gasteiger partial charge in [-0.15, -0.1) is 10.2 Å². The lowest BCUT2D eigenvalue weighted by Gasteiger charge is -2.06. The van der Waals surface area contributed by atoms with E-state index in [-0.39, 0.29) is 0 Å². The van der Waals surface area contributed by atoms with Gasteiger partial charge in [-0.1, -0.05) is 38.1 Å². The largest absolute Gasteiger partial charge is 0.313 e. The van der Waals surface area contributed by atoms with Crippen molar-refractivity contribution in [3.8, 4) is 0 Å². The molecule has 1 aromatic carbocycles. The second-order valence-corrected chi connectivity index (χ2v) is 5.18. The molecule has 1 N–H and O–H groups in total. The minimum atomic E-state index is 0.646. The first-order chi connectivity index (χ1) is 9.17. The quantitative estimate of drug-likeness (QED) is 0.857. The number of hydrogen-bond acceptors (Lipinski definition) is 4. The molecule has 0 saturated heterocycles. The highest BCUT2D eigenvalue weighted by molar-refractivity contribution is 5.22. The lowest BCUT2D eigenvalue weighted by molar-refractivity contribution is 0.568. The second-order valence-electron chi connectivity index (χ2n) is 5.18. The molecule has 0 bridgehead atoms. The van der Waals surface area contributed by atoms with Gasteiger partial charge >= 0.3 is 0 Å². The number of hydrogen-bond donors (Lipinski definition) is 1. The zero-order chi connectivity index (χ0) is 13.7. The van der Waals surface area contributed by atoms with Crippen molar-refractivity contribution < 1.29 is 0 Å². The molecule has 1 aromatic heterocycles. The standard InChI is InChI=1S/C14H21N5/c1-11(2)8-12-4-6-13(7-5-12)10-19-17-14(9-15-3)16-18-19/h4-7,11,15H,8-10H2,1-3H3. The molecular weight excluding hydrogens is 238 g/mol. The Hall–Kier alpha value is -1.75. The number of nitrogens with zero attached hydrogens (tertiary/aromatic N) is 4. The molecule has 19 heavy (non-hydrogen) atoms. The summed E-state index contributed by atoms with van der Waals surface area (Å²) >= 11 is 0. The molecule has 0 saturated carbocycles. The average molecular weight is 259 g/mol. The molecule has 0 unspecified atom stereocenters. The van der Waals surface area contributed by atoms with Gasteiger partial charge in [0.25, 0.3) is 0 Å². The van der Waals surface area contributed by atoms with E-state index in [0.29, 0.717) is 19.0 Å². The summed E-state index contributed by atoms with van der Waals surface area (Å²) in [4.78, 5) is 1.63. The van der Waals surface area contributed by atoms with Crippen LogP contribution in [0.15, 0.2) is 24.3 Å². The van der Waals surface area contributed by atoms with E-state index in [2.05, 4.69) is 58.8 Å². The number of tetrazole rings is 1. The van der Waals surface area contributed by atoms with Gasteiger partial charge in [0.15, 0.2) is 5.82 Å². The minimum Gasteiger partial charge on any atom is -0.313 e. The second kappa shape index (κ2) is 6.43. The maximum atomic E-state index is 4.30. The third-order valence-corrected chi connectivity index (χ3v) is 2.82. The Morgan fingerprint density at radius 1 is 1.16 bits per heavy atom. The molecule has 0 radical (unpaired) electrons. The summed E-state index contributed by atoms with van der Waals surface area (Å²) in [5.74, 6) is 1.41. The first-order valence-corrected chi connectivity index (χ1v) is 6.66. The Bertz CT molecular complexity index is 501. The van der Waals surface area contributed by atoms with Gasteiger partial charge < -0.3 is 5.32 Å². The van der Waals surface area contributed by atoms with Crippen LogP contribution in [0.1, 0.15) is 30.8 Å². The van der Waals surface area contributed by atoms with Crippen molar-refractivity contribution in [2.75, 3.05) is 7.05 Å². The highest BCUT2D eigenvalue weighted by Crippen LogP contribution is 2.10. The molecule has 0 fully saturated rings. The zero-order valence-electron chi connectivity index (χ0n) is 11.8. The van der Waals surface area contributed by atoms with Crippen LogP contribution < -0.4 is 5.32 Å². The Morgan fingerprint density at radius 2 is 1.84 bits per heavy atom. The maximum Gasteiger partial charge on any atom is 0.188 e. The van der Waals surface area contributed by atoms with E-state index in [9.17, 15) is 0 Å². The Labute approximate surface area is 114 Å². The fraction of sp³-hybridized carbons (Fsp3) is 0.500. The molecule has 0 aliphatic rings. The van der Waals surface area contributed by atoms with E-state index in [0.717, 1.165) is 12.2 Å². The maximum absolute atomic E-state index is 4.30. The van der Waals surface area contributed by atoms with E-state index in [1.165, 1.54) is 11.1 Å². The molecule has 5 nitrogen and oxygen atoms in total. The van der Waals surface area contributed by atoms with E-state index < -0.39 is 0 Å². The summed E-state index contributed by atoms with van der Waals surface area (Å²) < 4.78 is 0. The first kappa shape index (κ1) is 13.7. The summed E-state index contributed by atoms with van der Waals surface area (Å²) in [6.07, 6.45) is 1.12. The van der Waals surface area contributed by atoms with Gasteiger partial charge in [-0.2, -0.15) is 4.80 Å². The van der Waals surface area contributed by atoms with Crippen LogP contribution in [0.5, 0.6) is 0 Å². The molecule has 0 aliphatic heterocycles. The third kappa shape index (κ3) is 4.13. The molecule has 0 atom stereocenters. The summed E-state index contributed by atoms with van der Waals surface area (Å²) in [5.41, 5.74) is 2.57. The number of rotatable bonds is 6. The molecule has 102 valence electrons. The molecule has 2 aromatic rings. The van der Waals surface area contributed by atoms with Crippen LogP contribution in [0.4, 0.5) is 0 Å². The van der Waals surface area contributed by atoms with Gasteiger partial charge in [-0.25, -0.2) is 0 Å². The molecule has 5 heteroatoms. The van der Waals surface area contributed by atoms with Crippen LogP contribution in [0.2, 0.25) is 0 Å². The first-order valence-electron chi connectivity index (χ1n) is 6.66. The Kier molecular flexibility index (Phi) is 4.63. The minimum absolute atomic E-state index is 0.646. The SMILES string of the molecule is CNCc1nnn(Cc2ccc(CC(C)C)cc2)n1. The van der Waals surface area contributed by atoms with Crippen molar-refractivity contribution in [2.24, 2.45) is 5.92 Å². The monoisotopic (exact) mass is 259 g/mol. The summed E-state index contributed by atoms with van der Waals surface area (Å²) in [6.45, 7) is 5.78. The van der Waals surface area contributed by atoms with Crippen molar-refractivity contribution >= 4 is 0 Å². The molecular formula is C14H21N5.